The molecule has 1 aliphatic rings. The summed E-state index contributed by atoms with van der Waals surface area (Å²) < 4.78 is 61.9. The molecular weight excluding hydrogens is 574 g/mol. The highest BCUT2D eigenvalue weighted by molar-refractivity contribution is 7.89. The number of alkyl halides is 2. The first-order chi connectivity index (χ1) is 20.1. The Kier molecular flexibility index (Phi) is 8.49. The number of nitrogens with zero attached hydrogens (tertiary/aromatic N) is 7. The van der Waals surface area contributed by atoms with Crippen molar-refractivity contribution in [1.82, 2.24) is 33.6 Å². The summed E-state index contributed by atoms with van der Waals surface area (Å²) in [5, 5.41) is 20.8. The predicted octanol–water partition coefficient (Wildman–Crippen LogP) is 2.15. The van der Waals surface area contributed by atoms with Crippen LogP contribution >= 0.6 is 0 Å². The molecule has 16 heteroatoms. The zero-order valence-electron chi connectivity index (χ0n) is 22.9. The van der Waals surface area contributed by atoms with Crippen molar-refractivity contribution < 1.29 is 31.8 Å². The number of nitrogens with one attached hydrogen (secondary N) is 1. The number of halogens is 2. The second-order valence-electron chi connectivity index (χ2n) is 9.88. The Balaban J connectivity index is 1.61. The Morgan fingerprint density at radius 3 is 2.86 bits per heavy atom. The van der Waals surface area contributed by atoms with E-state index in [9.17, 15) is 27.1 Å². The molecule has 4 aromatic rings. The molecule has 3 aromatic heterocycles. The molecule has 42 heavy (non-hydrogen) atoms. The number of hydrogen-bond donors (Lipinski definition) is 2. The molecule has 1 atom stereocenters. The van der Waals surface area contributed by atoms with Gasteiger partial charge in [-0.15, -0.1) is 0 Å². The van der Waals surface area contributed by atoms with Gasteiger partial charge in [-0.2, -0.15) is 23.3 Å². The van der Waals surface area contributed by atoms with E-state index < -0.39 is 29.1 Å². The molecule has 13 nitrogen and oxygen atoms in total. The van der Waals surface area contributed by atoms with Crippen LogP contribution in [0.3, 0.4) is 0 Å². The maximum atomic E-state index is 13.4. The molecule has 4 heterocycles. The van der Waals surface area contributed by atoms with Crippen molar-refractivity contribution in [2.24, 2.45) is 0 Å². The fourth-order valence-electron chi connectivity index (χ4n) is 4.90. The van der Waals surface area contributed by atoms with Crippen molar-refractivity contribution >= 4 is 27.3 Å². The third-order valence-corrected chi connectivity index (χ3v) is 9.00. The Morgan fingerprint density at radius 2 is 2.14 bits per heavy atom. The van der Waals surface area contributed by atoms with E-state index in [1.807, 2.05) is 7.05 Å². The lowest BCUT2D eigenvalue weighted by Gasteiger charge is -2.19. The van der Waals surface area contributed by atoms with Crippen LogP contribution in [-0.4, -0.2) is 99.5 Å². The third kappa shape index (κ3) is 5.97. The van der Waals surface area contributed by atoms with E-state index in [0.29, 0.717) is 12.2 Å². The van der Waals surface area contributed by atoms with Crippen molar-refractivity contribution in [1.29, 1.82) is 0 Å². The van der Waals surface area contributed by atoms with Gasteiger partial charge in [0, 0.05) is 43.8 Å². The number of anilines is 1. The number of amides is 1. The molecule has 1 aromatic carbocycles. The van der Waals surface area contributed by atoms with E-state index in [2.05, 4.69) is 25.4 Å². The average Bonchev–Trinajstić information content (AvgIpc) is 3.67. The summed E-state index contributed by atoms with van der Waals surface area (Å²) in [7, 11) is -0.825. The van der Waals surface area contributed by atoms with Crippen LogP contribution in [0.4, 0.5) is 14.5 Å². The zero-order chi connectivity index (χ0) is 30.0. The Morgan fingerprint density at radius 1 is 1.33 bits per heavy atom. The lowest BCUT2D eigenvalue weighted by Crippen LogP contribution is -2.29. The maximum Gasteiger partial charge on any atom is 0.387 e. The molecule has 0 aliphatic carbocycles. The monoisotopic (exact) mass is 604 g/mol. The van der Waals surface area contributed by atoms with Crippen LogP contribution in [-0.2, 0) is 16.6 Å². The molecule has 0 saturated carbocycles. The first-order valence-corrected chi connectivity index (χ1v) is 14.6. The van der Waals surface area contributed by atoms with Gasteiger partial charge in [0.2, 0.25) is 10.0 Å². The lowest BCUT2D eigenvalue weighted by molar-refractivity contribution is -0.0495. The molecule has 0 bridgehead atoms. The molecule has 0 radical (unpaired) electrons. The second kappa shape index (κ2) is 12.1. The number of sulfonamides is 1. The summed E-state index contributed by atoms with van der Waals surface area (Å²) >= 11 is 0. The first-order valence-electron chi connectivity index (χ1n) is 13.1. The standard InChI is InChI=1S/C26H30F2N8O5S/c1-33-9-3-5-17(33)15-35-16-21(31-25(38)20-14-30-36-10-4-8-29-24(20)36)23(32-35)19-13-18(6-7-22(19)41-26(27)28)42(39,40)34(2)11-12-37/h4,6-8,10,13-14,16-17,26,37H,3,5,9,11-12,15H2,1-2H3,(H,31,38)/t17-/m1/s1. The second-order valence-corrected chi connectivity index (χ2v) is 11.9. The number of aromatic nitrogens is 5. The van der Waals surface area contributed by atoms with Crippen LogP contribution < -0.4 is 10.1 Å². The van der Waals surface area contributed by atoms with Gasteiger partial charge in [-0.1, -0.05) is 0 Å². The number of aliphatic hydroxyl groups excluding tert-OH is 1. The van der Waals surface area contributed by atoms with Gasteiger partial charge in [0.25, 0.3) is 5.91 Å². The van der Waals surface area contributed by atoms with Gasteiger partial charge in [0.15, 0.2) is 5.65 Å². The SMILES string of the molecule is CN1CCC[C@@H]1Cn1cc(NC(=O)c2cnn3cccnc23)c(-c2cc(S(=O)(=O)N(C)CCO)ccc2OC(F)F)n1. The number of hydrogen-bond acceptors (Lipinski definition) is 9. The van der Waals surface area contributed by atoms with Gasteiger partial charge in [-0.05, 0) is 50.7 Å². The summed E-state index contributed by atoms with van der Waals surface area (Å²) in [5.41, 5.74) is 0.578. The number of carbonyl (C=O) groups is 1. The minimum absolute atomic E-state index is 0.0333. The summed E-state index contributed by atoms with van der Waals surface area (Å²) in [6.45, 7) is -2.44. The minimum Gasteiger partial charge on any atom is -0.434 e. The largest absolute Gasteiger partial charge is 0.434 e. The predicted molar refractivity (Wildman–Crippen MR) is 148 cm³/mol. The highest BCUT2D eigenvalue weighted by atomic mass is 32.2. The van der Waals surface area contributed by atoms with E-state index in [1.165, 1.54) is 30.0 Å². The number of carbonyl (C=O) groups excluding carboxylic acids is 1. The van der Waals surface area contributed by atoms with Gasteiger partial charge < -0.3 is 20.1 Å². The quantitative estimate of drug-likeness (QED) is 0.263. The van der Waals surface area contributed by atoms with Gasteiger partial charge in [0.05, 0.1) is 29.9 Å². The highest BCUT2D eigenvalue weighted by Gasteiger charge is 2.28. The maximum absolute atomic E-state index is 13.4. The Hall–Kier alpha value is -3.99. The summed E-state index contributed by atoms with van der Waals surface area (Å²) in [6.07, 6.45) is 8.01. The van der Waals surface area contributed by atoms with Crippen molar-refractivity contribution in [3.63, 3.8) is 0 Å². The van der Waals surface area contributed by atoms with Crippen LogP contribution in [0.5, 0.6) is 5.75 Å². The van der Waals surface area contributed by atoms with Crippen molar-refractivity contribution in [3.8, 4) is 17.0 Å². The Bertz CT molecular complexity index is 1690. The fraction of sp³-hybridized carbons (Fsp3) is 0.385. The molecular formula is C26H30F2N8O5S. The normalized spacial score (nSPS) is 16.1. The first kappa shape index (κ1) is 29.5. The van der Waals surface area contributed by atoms with Crippen molar-refractivity contribution in [2.45, 2.75) is 36.9 Å². The van der Waals surface area contributed by atoms with Gasteiger partial charge in [-0.3, -0.25) is 9.48 Å². The van der Waals surface area contributed by atoms with Gasteiger partial charge in [-0.25, -0.2) is 17.9 Å². The van der Waals surface area contributed by atoms with Crippen LogP contribution in [0.25, 0.3) is 16.9 Å². The van der Waals surface area contributed by atoms with E-state index in [0.717, 1.165) is 35.8 Å². The zero-order valence-corrected chi connectivity index (χ0v) is 23.7. The molecule has 2 N–H and O–H groups in total. The number of ether oxygens (including phenoxy) is 1. The molecule has 5 rings (SSSR count). The van der Waals surface area contributed by atoms with Crippen LogP contribution in [0, 0.1) is 0 Å². The van der Waals surface area contributed by atoms with Gasteiger partial charge in [0.1, 0.15) is 17.0 Å². The molecule has 1 aliphatic heterocycles. The molecule has 1 amide bonds. The van der Waals surface area contributed by atoms with Crippen molar-refractivity contribution in [2.75, 3.05) is 39.1 Å². The van der Waals surface area contributed by atoms with E-state index >= 15 is 0 Å². The number of likely N-dealkylation sites (N-methyl/N-ethyl adjacent to an activating group) is 2. The number of aliphatic hydroxyl groups is 1. The van der Waals surface area contributed by atoms with E-state index in [-0.39, 0.29) is 45.7 Å². The number of benzene rings is 1. The molecule has 1 saturated heterocycles. The van der Waals surface area contributed by atoms with Crippen molar-refractivity contribution in [3.05, 3.63) is 54.6 Å². The molecule has 0 spiro atoms. The number of rotatable bonds is 11. The summed E-state index contributed by atoms with van der Waals surface area (Å²) in [6, 6.07) is 5.24. The Labute approximate surface area is 240 Å². The fourth-order valence-corrected chi connectivity index (χ4v) is 6.09. The highest BCUT2D eigenvalue weighted by Crippen LogP contribution is 2.38. The van der Waals surface area contributed by atoms with Crippen LogP contribution in [0.15, 0.2) is 53.9 Å². The van der Waals surface area contributed by atoms with Crippen LogP contribution in [0.2, 0.25) is 0 Å². The summed E-state index contributed by atoms with van der Waals surface area (Å²) in [4.78, 5) is 19.6. The number of likely N-dealkylation sites (tertiary alicyclic amines) is 1. The van der Waals surface area contributed by atoms with Gasteiger partial charge >= 0.3 is 6.61 Å². The van der Waals surface area contributed by atoms with E-state index in [4.69, 9.17) is 4.74 Å². The smallest absolute Gasteiger partial charge is 0.387 e. The number of fused-ring (bicyclic) bond motifs is 1. The lowest BCUT2D eigenvalue weighted by atomic mass is 10.1. The third-order valence-electron chi connectivity index (χ3n) is 7.15. The van der Waals surface area contributed by atoms with Crippen LogP contribution in [0.1, 0.15) is 23.2 Å². The topological polar surface area (TPSA) is 147 Å². The van der Waals surface area contributed by atoms with E-state index in [1.54, 1.807) is 23.1 Å². The summed E-state index contributed by atoms with van der Waals surface area (Å²) in [5.74, 6) is -0.907. The molecule has 1 fully saturated rings. The average molecular weight is 605 g/mol. The molecule has 0 unspecified atom stereocenters. The minimum atomic E-state index is -4.11. The molecule has 224 valence electrons.